The van der Waals surface area contributed by atoms with Crippen molar-refractivity contribution in [3.05, 3.63) is 36.4 Å². The number of fused-ring (bicyclic) bond motifs is 1. The van der Waals surface area contributed by atoms with Gasteiger partial charge in [0.15, 0.2) is 0 Å². The van der Waals surface area contributed by atoms with Crippen LogP contribution in [0, 0.1) is 0 Å². The van der Waals surface area contributed by atoms with Crippen LogP contribution in [0.2, 0.25) is 0 Å². The number of nitrogens with two attached hydrogens (primary N) is 1. The van der Waals surface area contributed by atoms with E-state index in [1.54, 1.807) is 22.8 Å². The first-order valence-electron chi connectivity index (χ1n) is 6.21. The summed E-state index contributed by atoms with van der Waals surface area (Å²) < 4.78 is 7.73. The zero-order chi connectivity index (χ0) is 13.2. The minimum Gasteiger partial charge on any atom is -0.487 e. The molecule has 0 saturated heterocycles. The first kappa shape index (κ1) is 12.5. The Kier molecular flexibility index (Phi) is 3.44. The second-order valence-electron chi connectivity index (χ2n) is 4.58. The van der Waals surface area contributed by atoms with Crippen LogP contribution in [0.1, 0.15) is 5.82 Å². The number of aromatic nitrogens is 3. The monoisotopic (exact) mass is 276 g/mol. The number of para-hydroxylation sites is 1. The number of hydrogen-bond acceptors (Lipinski definition) is 5. The highest BCUT2D eigenvalue weighted by molar-refractivity contribution is 7.99. The number of hydrogen-bond donors (Lipinski definition) is 1. The SMILES string of the molecule is Cn1ncnc1CC(N)C1CSc2ccccc2O1. The summed E-state index contributed by atoms with van der Waals surface area (Å²) >= 11 is 1.79. The number of thioether (sulfide) groups is 1. The molecule has 1 aliphatic heterocycles. The molecule has 100 valence electrons. The van der Waals surface area contributed by atoms with Gasteiger partial charge in [0.05, 0.1) is 0 Å². The van der Waals surface area contributed by atoms with E-state index in [2.05, 4.69) is 16.1 Å². The molecule has 6 heteroatoms. The third kappa shape index (κ3) is 2.59. The largest absolute Gasteiger partial charge is 0.487 e. The lowest BCUT2D eigenvalue weighted by molar-refractivity contribution is 0.182. The van der Waals surface area contributed by atoms with E-state index in [-0.39, 0.29) is 12.1 Å². The molecule has 0 aliphatic carbocycles. The van der Waals surface area contributed by atoms with Crippen molar-refractivity contribution in [1.82, 2.24) is 14.8 Å². The van der Waals surface area contributed by atoms with E-state index >= 15 is 0 Å². The van der Waals surface area contributed by atoms with Gasteiger partial charge in [-0.25, -0.2) is 4.98 Å². The van der Waals surface area contributed by atoms with E-state index in [9.17, 15) is 0 Å². The predicted octanol–water partition coefficient (Wildman–Crippen LogP) is 1.24. The topological polar surface area (TPSA) is 66.0 Å². The van der Waals surface area contributed by atoms with Gasteiger partial charge in [-0.2, -0.15) is 5.10 Å². The highest BCUT2D eigenvalue weighted by atomic mass is 32.2. The third-order valence-electron chi connectivity index (χ3n) is 3.23. The summed E-state index contributed by atoms with van der Waals surface area (Å²) in [6.07, 6.45) is 2.23. The van der Waals surface area contributed by atoms with Crippen molar-refractivity contribution in [2.45, 2.75) is 23.5 Å². The molecule has 0 saturated carbocycles. The molecule has 1 aromatic carbocycles. The molecular formula is C13H16N4OS. The Morgan fingerprint density at radius 1 is 1.53 bits per heavy atom. The molecule has 2 heterocycles. The highest BCUT2D eigenvalue weighted by Gasteiger charge is 2.26. The lowest BCUT2D eigenvalue weighted by atomic mass is 10.1. The summed E-state index contributed by atoms with van der Waals surface area (Å²) in [5, 5.41) is 4.05. The standard InChI is InChI=1S/C13H16N4OS/c1-17-13(15-8-16-17)6-9(14)11-7-19-12-5-3-2-4-10(12)18-11/h2-5,8-9,11H,6-7,14H2,1H3. The van der Waals surface area contributed by atoms with Crippen LogP contribution in [0.4, 0.5) is 0 Å². The summed E-state index contributed by atoms with van der Waals surface area (Å²) in [5.41, 5.74) is 6.25. The predicted molar refractivity (Wildman–Crippen MR) is 74.3 cm³/mol. The third-order valence-corrected chi connectivity index (χ3v) is 4.38. The van der Waals surface area contributed by atoms with E-state index < -0.39 is 0 Å². The van der Waals surface area contributed by atoms with Crippen molar-refractivity contribution < 1.29 is 4.74 Å². The van der Waals surface area contributed by atoms with Gasteiger partial charge in [-0.05, 0) is 12.1 Å². The van der Waals surface area contributed by atoms with Gasteiger partial charge in [0, 0.05) is 30.2 Å². The molecule has 3 rings (SSSR count). The fourth-order valence-corrected chi connectivity index (χ4v) is 3.19. The molecule has 1 aromatic heterocycles. The van der Waals surface area contributed by atoms with Crippen LogP contribution in [0.5, 0.6) is 5.75 Å². The van der Waals surface area contributed by atoms with Crippen molar-refractivity contribution in [1.29, 1.82) is 0 Å². The van der Waals surface area contributed by atoms with Gasteiger partial charge < -0.3 is 10.5 Å². The fourth-order valence-electron chi connectivity index (χ4n) is 2.09. The van der Waals surface area contributed by atoms with Crippen molar-refractivity contribution in [2.75, 3.05) is 5.75 Å². The Morgan fingerprint density at radius 3 is 3.16 bits per heavy atom. The van der Waals surface area contributed by atoms with Crippen LogP contribution in [-0.2, 0) is 13.5 Å². The molecular weight excluding hydrogens is 260 g/mol. The Hall–Kier alpha value is -1.53. The molecule has 2 N–H and O–H groups in total. The maximum atomic E-state index is 6.25. The summed E-state index contributed by atoms with van der Waals surface area (Å²) in [6, 6.07) is 7.99. The lowest BCUT2D eigenvalue weighted by Gasteiger charge is -2.29. The average Bonchev–Trinajstić information content (AvgIpc) is 2.84. The Labute approximate surface area is 116 Å². The summed E-state index contributed by atoms with van der Waals surface area (Å²) in [6.45, 7) is 0. The normalized spacial score (nSPS) is 19.6. The number of ether oxygens (including phenoxy) is 1. The van der Waals surface area contributed by atoms with Gasteiger partial charge >= 0.3 is 0 Å². The Morgan fingerprint density at radius 2 is 2.37 bits per heavy atom. The zero-order valence-electron chi connectivity index (χ0n) is 10.7. The molecule has 0 amide bonds. The number of rotatable bonds is 3. The molecule has 0 spiro atoms. The van der Waals surface area contributed by atoms with Crippen molar-refractivity contribution in [3.8, 4) is 5.75 Å². The Bertz CT molecular complexity index is 571. The smallest absolute Gasteiger partial charge is 0.138 e. The number of benzene rings is 1. The van der Waals surface area contributed by atoms with Gasteiger partial charge in [-0.1, -0.05) is 12.1 Å². The summed E-state index contributed by atoms with van der Waals surface area (Å²) in [4.78, 5) is 5.39. The van der Waals surface area contributed by atoms with E-state index in [1.807, 2.05) is 25.2 Å². The molecule has 0 bridgehead atoms. The maximum Gasteiger partial charge on any atom is 0.138 e. The molecule has 5 nitrogen and oxygen atoms in total. The first-order valence-corrected chi connectivity index (χ1v) is 7.19. The van der Waals surface area contributed by atoms with E-state index in [1.165, 1.54) is 4.90 Å². The van der Waals surface area contributed by atoms with E-state index in [0.717, 1.165) is 17.3 Å². The van der Waals surface area contributed by atoms with Gasteiger partial charge in [-0.15, -0.1) is 11.8 Å². The number of nitrogens with zero attached hydrogens (tertiary/aromatic N) is 3. The van der Waals surface area contributed by atoms with Crippen LogP contribution in [0.3, 0.4) is 0 Å². The Balaban J connectivity index is 1.69. The zero-order valence-corrected chi connectivity index (χ0v) is 11.5. The van der Waals surface area contributed by atoms with Crippen LogP contribution in [0.15, 0.2) is 35.5 Å². The number of aryl methyl sites for hydroxylation is 1. The summed E-state index contributed by atoms with van der Waals surface area (Å²) in [5.74, 6) is 2.69. The first-order chi connectivity index (χ1) is 9.24. The molecule has 0 radical (unpaired) electrons. The van der Waals surface area contributed by atoms with Gasteiger partial charge in [0.1, 0.15) is 24.0 Å². The highest BCUT2D eigenvalue weighted by Crippen LogP contribution is 2.35. The second kappa shape index (κ2) is 5.22. The van der Waals surface area contributed by atoms with E-state index in [0.29, 0.717) is 6.42 Å². The van der Waals surface area contributed by atoms with Crippen molar-refractivity contribution in [2.24, 2.45) is 12.8 Å². The quantitative estimate of drug-likeness (QED) is 0.913. The molecule has 1 aliphatic rings. The van der Waals surface area contributed by atoms with Crippen molar-refractivity contribution >= 4 is 11.8 Å². The molecule has 2 atom stereocenters. The molecule has 19 heavy (non-hydrogen) atoms. The molecule has 2 unspecified atom stereocenters. The molecule has 2 aromatic rings. The van der Waals surface area contributed by atoms with Gasteiger partial charge in [0.2, 0.25) is 0 Å². The van der Waals surface area contributed by atoms with E-state index in [4.69, 9.17) is 10.5 Å². The van der Waals surface area contributed by atoms with Gasteiger partial charge in [0.25, 0.3) is 0 Å². The fraction of sp³-hybridized carbons (Fsp3) is 0.385. The minimum absolute atomic E-state index is 0.0107. The van der Waals surface area contributed by atoms with Crippen LogP contribution >= 0.6 is 11.8 Å². The summed E-state index contributed by atoms with van der Waals surface area (Å²) in [7, 11) is 1.88. The average molecular weight is 276 g/mol. The van der Waals surface area contributed by atoms with Gasteiger partial charge in [-0.3, -0.25) is 4.68 Å². The van der Waals surface area contributed by atoms with Crippen molar-refractivity contribution in [3.63, 3.8) is 0 Å². The van der Waals surface area contributed by atoms with Crippen LogP contribution < -0.4 is 10.5 Å². The van der Waals surface area contributed by atoms with Crippen LogP contribution in [-0.4, -0.2) is 32.7 Å². The minimum atomic E-state index is -0.0799. The maximum absolute atomic E-state index is 6.25. The second-order valence-corrected chi connectivity index (χ2v) is 5.64. The lowest BCUT2D eigenvalue weighted by Crippen LogP contribution is -2.44. The van der Waals surface area contributed by atoms with Crippen LogP contribution in [0.25, 0.3) is 0 Å². The molecule has 0 fully saturated rings.